The minimum absolute atomic E-state index is 0.257. The van der Waals surface area contributed by atoms with Crippen molar-refractivity contribution in [1.82, 2.24) is 3.97 Å². The first-order valence-corrected chi connectivity index (χ1v) is 10.3. The molecule has 28 heavy (non-hydrogen) atoms. The molecule has 0 atom stereocenters. The number of pyridine rings is 1. The molecule has 5 heteroatoms. The summed E-state index contributed by atoms with van der Waals surface area (Å²) in [6, 6.07) is 20.1. The Hall–Kier alpha value is -3.36. The molecular formula is C23H19N2O2S+. The van der Waals surface area contributed by atoms with Gasteiger partial charge in [0.1, 0.15) is 7.05 Å². The lowest BCUT2D eigenvalue weighted by molar-refractivity contribution is -0.673. The van der Waals surface area contributed by atoms with E-state index in [4.69, 9.17) is 0 Å². The van der Waals surface area contributed by atoms with Gasteiger partial charge in [-0.05, 0) is 31.2 Å². The molecule has 138 valence electrons. The molecule has 0 aliphatic rings. The molecule has 0 bridgehead atoms. The Morgan fingerprint density at radius 3 is 2.36 bits per heavy atom. The summed E-state index contributed by atoms with van der Waals surface area (Å²) >= 11 is 0. The molecule has 4 rings (SSSR count). The Morgan fingerprint density at radius 2 is 1.61 bits per heavy atom. The van der Waals surface area contributed by atoms with E-state index in [9.17, 15) is 8.42 Å². The van der Waals surface area contributed by atoms with Gasteiger partial charge in [0, 0.05) is 29.6 Å². The third-order valence-corrected chi connectivity index (χ3v) is 6.32. The van der Waals surface area contributed by atoms with Gasteiger partial charge in [0.25, 0.3) is 15.7 Å². The monoisotopic (exact) mass is 387 g/mol. The fourth-order valence-corrected chi connectivity index (χ4v) is 4.43. The number of fused-ring (bicyclic) bond motifs is 1. The van der Waals surface area contributed by atoms with Crippen molar-refractivity contribution in [1.29, 1.82) is 0 Å². The van der Waals surface area contributed by atoms with Gasteiger partial charge < -0.3 is 0 Å². The standard InChI is InChI=1S/C23H19N2O2S/c1-18-10-14-21(15-11-18)28(26,27)25-17-19(22-8-3-4-9-23(22)25)12-13-20-7-5-6-16-24(20)2/h3-11,14-17H,1-2H3/q+1. The van der Waals surface area contributed by atoms with E-state index in [2.05, 4.69) is 11.8 Å². The first-order chi connectivity index (χ1) is 13.5. The predicted octanol–water partition coefficient (Wildman–Crippen LogP) is 3.41. The summed E-state index contributed by atoms with van der Waals surface area (Å²) in [7, 11) is -1.78. The maximum atomic E-state index is 13.2. The minimum Gasteiger partial charge on any atom is -0.240 e. The maximum Gasteiger partial charge on any atom is 0.268 e. The van der Waals surface area contributed by atoms with Crippen LogP contribution in [0.25, 0.3) is 10.9 Å². The van der Waals surface area contributed by atoms with Crippen LogP contribution < -0.4 is 4.57 Å². The fourth-order valence-electron chi connectivity index (χ4n) is 3.06. The molecule has 0 unspecified atom stereocenters. The number of hydrogen-bond donors (Lipinski definition) is 0. The normalized spacial score (nSPS) is 11.2. The molecule has 0 spiro atoms. The van der Waals surface area contributed by atoms with Crippen LogP contribution in [-0.2, 0) is 17.1 Å². The van der Waals surface area contributed by atoms with Crippen LogP contribution in [-0.4, -0.2) is 12.4 Å². The van der Waals surface area contributed by atoms with Gasteiger partial charge in [-0.15, -0.1) is 0 Å². The topological polar surface area (TPSA) is 43.0 Å². The summed E-state index contributed by atoms with van der Waals surface area (Å²) in [5, 5.41) is 0.810. The molecule has 0 radical (unpaired) electrons. The van der Waals surface area contributed by atoms with E-state index in [1.165, 1.54) is 3.97 Å². The fraction of sp³-hybridized carbons (Fsp3) is 0.0870. The Labute approximate surface area is 164 Å². The lowest BCUT2D eigenvalue weighted by Gasteiger charge is -2.07. The molecule has 2 aromatic carbocycles. The van der Waals surface area contributed by atoms with E-state index in [0.29, 0.717) is 11.1 Å². The molecule has 0 saturated heterocycles. The van der Waals surface area contributed by atoms with Crippen LogP contribution in [0.2, 0.25) is 0 Å². The van der Waals surface area contributed by atoms with Gasteiger partial charge in [-0.25, -0.2) is 12.4 Å². The van der Waals surface area contributed by atoms with Crippen LogP contribution in [0, 0.1) is 18.8 Å². The van der Waals surface area contributed by atoms with Gasteiger partial charge >= 0.3 is 0 Å². The number of hydrogen-bond acceptors (Lipinski definition) is 2. The molecule has 2 heterocycles. The number of nitrogens with zero attached hydrogens (tertiary/aromatic N) is 2. The molecule has 2 aromatic heterocycles. The van der Waals surface area contributed by atoms with Crippen molar-refractivity contribution in [2.75, 3.05) is 0 Å². The van der Waals surface area contributed by atoms with Gasteiger partial charge in [0.15, 0.2) is 6.20 Å². The molecular weight excluding hydrogens is 368 g/mol. The Kier molecular flexibility index (Phi) is 4.50. The predicted molar refractivity (Wildman–Crippen MR) is 109 cm³/mol. The summed E-state index contributed by atoms with van der Waals surface area (Å²) in [6.45, 7) is 1.93. The summed E-state index contributed by atoms with van der Waals surface area (Å²) in [5.41, 5.74) is 3.15. The highest BCUT2D eigenvalue weighted by Gasteiger charge is 2.20. The molecule has 4 nitrogen and oxygen atoms in total. The first kappa shape index (κ1) is 18.0. The van der Waals surface area contributed by atoms with Crippen molar-refractivity contribution in [3.05, 3.63) is 95.9 Å². The number of rotatable bonds is 2. The second-order valence-electron chi connectivity index (χ2n) is 6.62. The SMILES string of the molecule is Cc1ccc(S(=O)(=O)n2cc(C#Cc3cccc[n+]3C)c3ccccc32)cc1. The highest BCUT2D eigenvalue weighted by Crippen LogP contribution is 2.25. The van der Waals surface area contributed by atoms with E-state index in [1.807, 2.05) is 61.1 Å². The number of aryl methyl sites for hydroxylation is 2. The molecule has 0 fully saturated rings. The summed E-state index contributed by atoms with van der Waals surface area (Å²) < 4.78 is 29.7. The van der Waals surface area contributed by atoms with Gasteiger partial charge in [0.2, 0.25) is 0 Å². The minimum atomic E-state index is -3.71. The second kappa shape index (κ2) is 6.99. The van der Waals surface area contributed by atoms with Crippen LogP contribution in [0.1, 0.15) is 16.8 Å². The molecule has 0 N–H and O–H groups in total. The Morgan fingerprint density at radius 1 is 0.893 bits per heavy atom. The van der Waals surface area contributed by atoms with Gasteiger partial charge in [-0.3, -0.25) is 0 Å². The smallest absolute Gasteiger partial charge is 0.240 e. The molecule has 0 saturated carbocycles. The summed E-state index contributed by atoms with van der Waals surface area (Å²) in [5.74, 6) is 6.28. The molecule has 0 aliphatic carbocycles. The molecule has 4 aromatic rings. The zero-order valence-corrected chi connectivity index (χ0v) is 16.4. The average Bonchev–Trinajstić information content (AvgIpc) is 3.07. The van der Waals surface area contributed by atoms with Crippen LogP contribution in [0.15, 0.2) is 84.0 Å². The second-order valence-corrected chi connectivity index (χ2v) is 8.44. The van der Waals surface area contributed by atoms with E-state index in [1.54, 1.807) is 36.5 Å². The number of aromatic nitrogens is 2. The van der Waals surface area contributed by atoms with E-state index in [0.717, 1.165) is 16.6 Å². The molecule has 0 aliphatic heterocycles. The van der Waals surface area contributed by atoms with Crippen molar-refractivity contribution < 1.29 is 13.0 Å². The van der Waals surface area contributed by atoms with E-state index >= 15 is 0 Å². The Balaban J connectivity index is 1.88. The van der Waals surface area contributed by atoms with Crippen LogP contribution >= 0.6 is 0 Å². The lowest BCUT2D eigenvalue weighted by Crippen LogP contribution is -2.31. The van der Waals surface area contributed by atoms with E-state index < -0.39 is 10.0 Å². The van der Waals surface area contributed by atoms with Crippen LogP contribution in [0.5, 0.6) is 0 Å². The van der Waals surface area contributed by atoms with Gasteiger partial charge in [-0.2, -0.15) is 4.57 Å². The van der Waals surface area contributed by atoms with Crippen molar-refractivity contribution in [3.63, 3.8) is 0 Å². The Bertz CT molecular complexity index is 1340. The zero-order valence-electron chi connectivity index (χ0n) is 15.6. The summed E-state index contributed by atoms with van der Waals surface area (Å²) in [4.78, 5) is 0.257. The quantitative estimate of drug-likeness (QED) is 0.391. The average molecular weight is 387 g/mol. The third-order valence-electron chi connectivity index (χ3n) is 4.64. The van der Waals surface area contributed by atoms with Crippen molar-refractivity contribution in [2.24, 2.45) is 7.05 Å². The number of para-hydroxylation sites is 1. The van der Waals surface area contributed by atoms with Crippen molar-refractivity contribution in [3.8, 4) is 11.8 Å². The largest absolute Gasteiger partial charge is 0.268 e. The lowest BCUT2D eigenvalue weighted by atomic mass is 10.2. The van der Waals surface area contributed by atoms with E-state index in [-0.39, 0.29) is 4.90 Å². The summed E-state index contributed by atoms with van der Waals surface area (Å²) in [6.07, 6.45) is 3.53. The van der Waals surface area contributed by atoms with Crippen LogP contribution in [0.3, 0.4) is 0 Å². The van der Waals surface area contributed by atoms with Crippen molar-refractivity contribution >= 4 is 20.9 Å². The number of benzene rings is 2. The molecule has 0 amide bonds. The highest BCUT2D eigenvalue weighted by molar-refractivity contribution is 7.90. The maximum absolute atomic E-state index is 13.2. The third kappa shape index (κ3) is 3.19. The zero-order chi connectivity index (χ0) is 19.7. The van der Waals surface area contributed by atoms with Crippen LogP contribution in [0.4, 0.5) is 0 Å². The first-order valence-electron chi connectivity index (χ1n) is 8.86. The van der Waals surface area contributed by atoms with Crippen molar-refractivity contribution in [2.45, 2.75) is 11.8 Å². The van der Waals surface area contributed by atoms with Gasteiger partial charge in [-0.1, -0.05) is 41.8 Å². The highest BCUT2D eigenvalue weighted by atomic mass is 32.2. The van der Waals surface area contributed by atoms with Gasteiger partial charge in [0.05, 0.1) is 16.0 Å².